The molecule has 1 atom stereocenters. The van der Waals surface area contributed by atoms with Gasteiger partial charge in [0, 0.05) is 48.7 Å². The molecule has 1 aliphatic heterocycles. The Balaban J connectivity index is 1.60. The van der Waals surface area contributed by atoms with Crippen LogP contribution in [0.2, 0.25) is 0 Å². The first kappa shape index (κ1) is 22.8. The van der Waals surface area contributed by atoms with Gasteiger partial charge in [0.25, 0.3) is 0 Å². The second kappa shape index (κ2) is 8.53. The number of likely N-dealkylation sites (tertiary alicyclic amines) is 1. The van der Waals surface area contributed by atoms with Crippen LogP contribution in [0, 0.1) is 0 Å². The fourth-order valence-corrected chi connectivity index (χ4v) is 3.79. The van der Waals surface area contributed by atoms with Gasteiger partial charge in [-0.05, 0) is 45.7 Å². The number of piperidine rings is 1. The maximum Gasteiger partial charge on any atom is 0.419 e. The molecule has 3 aromatic rings. The van der Waals surface area contributed by atoms with E-state index in [1.54, 1.807) is 44.0 Å². The molecule has 0 bridgehead atoms. The highest BCUT2D eigenvalue weighted by molar-refractivity contribution is 5.93. The van der Waals surface area contributed by atoms with Crippen LogP contribution in [0.5, 0.6) is 0 Å². The zero-order valence-electron chi connectivity index (χ0n) is 18.5. The molecular weight excluding hydrogens is 437 g/mol. The molecule has 1 aliphatic rings. The largest absolute Gasteiger partial charge is 0.444 e. The number of H-pyrrole nitrogens is 1. The summed E-state index contributed by atoms with van der Waals surface area (Å²) in [5.41, 5.74) is -1.03. The summed E-state index contributed by atoms with van der Waals surface area (Å²) >= 11 is 0. The third-order valence-corrected chi connectivity index (χ3v) is 5.21. The van der Waals surface area contributed by atoms with Crippen molar-refractivity contribution in [3.05, 3.63) is 36.3 Å². The van der Waals surface area contributed by atoms with E-state index in [1.165, 1.54) is 6.20 Å². The summed E-state index contributed by atoms with van der Waals surface area (Å²) < 4.78 is 46.6. The SMILES string of the molecule is CC(C)(C)OC(=O)N1CCC[C@H](Nc2ncc(C(F)(F)F)c(-c3c[nH]c4ncccc34)n2)C1. The second-order valence-corrected chi connectivity index (χ2v) is 8.97. The number of pyridine rings is 1. The number of anilines is 1. The van der Waals surface area contributed by atoms with Crippen LogP contribution in [-0.4, -0.2) is 55.7 Å². The number of rotatable bonds is 3. The molecule has 0 unspecified atom stereocenters. The van der Waals surface area contributed by atoms with Crippen LogP contribution in [0.15, 0.2) is 30.7 Å². The number of alkyl halides is 3. The van der Waals surface area contributed by atoms with Crippen molar-refractivity contribution in [2.75, 3.05) is 18.4 Å². The average Bonchev–Trinajstić information content (AvgIpc) is 3.16. The highest BCUT2D eigenvalue weighted by Gasteiger charge is 2.36. The molecule has 176 valence electrons. The Morgan fingerprint density at radius 1 is 1.27 bits per heavy atom. The Labute approximate surface area is 188 Å². The van der Waals surface area contributed by atoms with Crippen LogP contribution in [-0.2, 0) is 10.9 Å². The van der Waals surface area contributed by atoms with E-state index in [4.69, 9.17) is 4.74 Å². The Morgan fingerprint density at radius 3 is 2.79 bits per heavy atom. The van der Waals surface area contributed by atoms with Gasteiger partial charge in [-0.3, -0.25) is 0 Å². The van der Waals surface area contributed by atoms with Gasteiger partial charge in [-0.2, -0.15) is 13.2 Å². The Kier molecular flexibility index (Phi) is 5.89. The van der Waals surface area contributed by atoms with Gasteiger partial charge in [0.05, 0.1) is 5.69 Å². The lowest BCUT2D eigenvalue weighted by Crippen LogP contribution is -2.47. The molecule has 0 radical (unpaired) electrons. The summed E-state index contributed by atoms with van der Waals surface area (Å²) in [6.07, 6.45) is 0.194. The minimum Gasteiger partial charge on any atom is -0.444 e. The van der Waals surface area contributed by atoms with E-state index in [9.17, 15) is 18.0 Å². The molecular formula is C22H25F3N6O2. The van der Waals surface area contributed by atoms with E-state index >= 15 is 0 Å². The molecule has 0 spiro atoms. The van der Waals surface area contributed by atoms with Gasteiger partial charge in [0.2, 0.25) is 5.95 Å². The summed E-state index contributed by atoms with van der Waals surface area (Å²) in [6, 6.07) is 3.12. The Bertz CT molecular complexity index is 1150. The Morgan fingerprint density at radius 2 is 2.06 bits per heavy atom. The molecule has 1 saturated heterocycles. The van der Waals surface area contributed by atoms with Crippen LogP contribution in [0.4, 0.5) is 23.9 Å². The average molecular weight is 462 g/mol. The number of hydrogen-bond donors (Lipinski definition) is 2. The standard InChI is InChI=1S/C22H25F3N6O2/c1-21(2,3)33-20(32)31-9-5-6-13(12-31)29-19-28-11-16(22(23,24)25)17(30-19)15-10-27-18-14(15)7-4-8-26-18/h4,7-8,10-11,13H,5-6,9,12H2,1-3H3,(H,26,27)(H,28,29,30)/t13-/m0/s1. The molecule has 0 saturated carbocycles. The normalized spacial score (nSPS) is 17.3. The molecule has 0 aromatic carbocycles. The number of nitrogens with zero attached hydrogens (tertiary/aromatic N) is 4. The number of amides is 1. The fraction of sp³-hybridized carbons (Fsp3) is 0.455. The number of nitrogens with one attached hydrogen (secondary N) is 2. The lowest BCUT2D eigenvalue weighted by Gasteiger charge is -2.34. The predicted molar refractivity (Wildman–Crippen MR) is 117 cm³/mol. The summed E-state index contributed by atoms with van der Waals surface area (Å²) in [5.74, 6) is 0.0623. The molecule has 0 aliphatic carbocycles. The number of aromatic amines is 1. The van der Waals surface area contributed by atoms with Gasteiger partial charge in [-0.15, -0.1) is 0 Å². The van der Waals surface area contributed by atoms with Gasteiger partial charge in [-0.25, -0.2) is 19.7 Å². The molecule has 8 nitrogen and oxygen atoms in total. The zero-order chi connectivity index (χ0) is 23.8. The number of fused-ring (bicyclic) bond motifs is 1. The summed E-state index contributed by atoms with van der Waals surface area (Å²) in [6.45, 7) is 6.27. The number of carbonyl (C=O) groups excluding carboxylic acids is 1. The molecule has 4 rings (SSSR count). The zero-order valence-corrected chi connectivity index (χ0v) is 18.5. The molecule has 1 amide bonds. The van der Waals surface area contributed by atoms with Gasteiger partial charge in [0.1, 0.15) is 16.8 Å². The fourth-order valence-electron chi connectivity index (χ4n) is 3.79. The van der Waals surface area contributed by atoms with Gasteiger partial charge >= 0.3 is 12.3 Å². The van der Waals surface area contributed by atoms with Crippen molar-refractivity contribution in [2.45, 2.75) is 51.4 Å². The molecule has 3 aromatic heterocycles. The van der Waals surface area contributed by atoms with Crippen molar-refractivity contribution in [3.63, 3.8) is 0 Å². The van der Waals surface area contributed by atoms with E-state index < -0.39 is 23.4 Å². The molecule has 2 N–H and O–H groups in total. The van der Waals surface area contributed by atoms with Crippen molar-refractivity contribution < 1.29 is 22.7 Å². The highest BCUT2D eigenvalue weighted by Crippen LogP contribution is 2.38. The number of aromatic nitrogens is 4. The number of hydrogen-bond acceptors (Lipinski definition) is 6. The van der Waals surface area contributed by atoms with E-state index in [0.717, 1.165) is 19.0 Å². The molecule has 11 heteroatoms. The highest BCUT2D eigenvalue weighted by atomic mass is 19.4. The summed E-state index contributed by atoms with van der Waals surface area (Å²) in [7, 11) is 0. The van der Waals surface area contributed by atoms with E-state index in [2.05, 4.69) is 25.3 Å². The first-order chi connectivity index (χ1) is 15.5. The Hall–Kier alpha value is -3.37. The lowest BCUT2D eigenvalue weighted by molar-refractivity contribution is -0.137. The third kappa shape index (κ3) is 5.18. The van der Waals surface area contributed by atoms with Crippen molar-refractivity contribution in [2.24, 2.45) is 0 Å². The van der Waals surface area contributed by atoms with Gasteiger partial charge in [0.15, 0.2) is 0 Å². The van der Waals surface area contributed by atoms with Crippen molar-refractivity contribution in [3.8, 4) is 11.3 Å². The quantitative estimate of drug-likeness (QED) is 0.578. The number of halogens is 3. The van der Waals surface area contributed by atoms with Crippen LogP contribution >= 0.6 is 0 Å². The van der Waals surface area contributed by atoms with Crippen LogP contribution in [0.3, 0.4) is 0 Å². The van der Waals surface area contributed by atoms with E-state index in [-0.39, 0.29) is 23.2 Å². The third-order valence-electron chi connectivity index (χ3n) is 5.21. The first-order valence-corrected chi connectivity index (χ1v) is 10.6. The van der Waals surface area contributed by atoms with Gasteiger partial charge in [-0.1, -0.05) is 0 Å². The lowest BCUT2D eigenvalue weighted by atomic mass is 10.1. The van der Waals surface area contributed by atoms with Gasteiger partial charge < -0.3 is 19.9 Å². The van der Waals surface area contributed by atoms with Crippen molar-refractivity contribution in [1.82, 2.24) is 24.8 Å². The topological polar surface area (TPSA) is 96.0 Å². The summed E-state index contributed by atoms with van der Waals surface area (Å²) in [5, 5.41) is 3.62. The molecule has 1 fully saturated rings. The smallest absolute Gasteiger partial charge is 0.419 e. The second-order valence-electron chi connectivity index (χ2n) is 8.97. The minimum atomic E-state index is -4.63. The van der Waals surface area contributed by atoms with E-state index in [1.807, 2.05) is 0 Å². The maximum absolute atomic E-state index is 13.7. The monoisotopic (exact) mass is 462 g/mol. The predicted octanol–water partition coefficient (Wildman–Crippen LogP) is 4.85. The summed E-state index contributed by atoms with van der Waals surface area (Å²) in [4.78, 5) is 29.2. The number of ether oxygens (including phenoxy) is 1. The molecule has 4 heterocycles. The number of carbonyl (C=O) groups is 1. The maximum atomic E-state index is 13.7. The van der Waals surface area contributed by atoms with Crippen molar-refractivity contribution >= 4 is 23.1 Å². The van der Waals surface area contributed by atoms with Crippen molar-refractivity contribution in [1.29, 1.82) is 0 Å². The molecule has 33 heavy (non-hydrogen) atoms. The van der Waals surface area contributed by atoms with Crippen LogP contribution in [0.1, 0.15) is 39.2 Å². The first-order valence-electron chi connectivity index (χ1n) is 10.6. The van der Waals surface area contributed by atoms with Crippen LogP contribution < -0.4 is 5.32 Å². The van der Waals surface area contributed by atoms with E-state index in [0.29, 0.717) is 24.1 Å². The minimum absolute atomic E-state index is 0.0623. The van der Waals surface area contributed by atoms with Crippen LogP contribution in [0.25, 0.3) is 22.3 Å².